The van der Waals surface area contributed by atoms with E-state index in [4.69, 9.17) is 24.1 Å². The van der Waals surface area contributed by atoms with Crippen LogP contribution < -0.4 is 0 Å². The number of phenols is 1. The predicted molar refractivity (Wildman–Crippen MR) is 148 cm³/mol. The SMILES string of the molecule is C=C(C)C(=O)OCCOC(=O)c1ccccc1C(=O)O.C=C(C)C(=O)OCCOCc1ccc(O)c2ncccc12. The lowest BCUT2D eigenvalue weighted by Gasteiger charge is -2.09. The highest BCUT2D eigenvalue weighted by Crippen LogP contribution is 2.25. The lowest BCUT2D eigenvalue weighted by atomic mass is 10.1. The largest absolute Gasteiger partial charge is 0.506 e. The zero-order chi connectivity index (χ0) is 30.4. The predicted octanol–water partition coefficient (Wildman–Crippen LogP) is 4.24. The van der Waals surface area contributed by atoms with E-state index in [2.05, 4.69) is 18.1 Å². The molecule has 0 aliphatic carbocycles. The number of hydrogen-bond donors (Lipinski definition) is 2. The summed E-state index contributed by atoms with van der Waals surface area (Å²) in [6.07, 6.45) is 1.63. The maximum absolute atomic E-state index is 11.7. The van der Waals surface area contributed by atoms with Crippen LogP contribution in [0.1, 0.15) is 40.1 Å². The van der Waals surface area contributed by atoms with Crippen LogP contribution in [0.5, 0.6) is 5.75 Å². The van der Waals surface area contributed by atoms with Gasteiger partial charge >= 0.3 is 23.9 Å². The van der Waals surface area contributed by atoms with Gasteiger partial charge in [0.05, 0.1) is 24.3 Å². The van der Waals surface area contributed by atoms with Crippen LogP contribution in [0.2, 0.25) is 0 Å². The molecule has 0 fully saturated rings. The molecule has 0 spiro atoms. The zero-order valence-corrected chi connectivity index (χ0v) is 22.8. The fraction of sp³-hybridized carbons (Fsp3) is 0.233. The molecular formula is C30H31NO10. The molecule has 0 radical (unpaired) electrons. The van der Waals surface area contributed by atoms with Crippen LogP contribution in [-0.4, -0.2) is 65.5 Å². The van der Waals surface area contributed by atoms with Crippen LogP contribution in [0.25, 0.3) is 10.9 Å². The van der Waals surface area contributed by atoms with Gasteiger partial charge < -0.3 is 29.2 Å². The summed E-state index contributed by atoms with van der Waals surface area (Å²) in [5.41, 5.74) is 1.88. The van der Waals surface area contributed by atoms with Crippen molar-refractivity contribution in [3.05, 3.63) is 95.7 Å². The van der Waals surface area contributed by atoms with Crippen LogP contribution in [0.3, 0.4) is 0 Å². The van der Waals surface area contributed by atoms with Gasteiger partial charge in [0.2, 0.25) is 0 Å². The van der Waals surface area contributed by atoms with Crippen molar-refractivity contribution in [2.75, 3.05) is 26.4 Å². The number of pyridine rings is 1. The van der Waals surface area contributed by atoms with Gasteiger partial charge in [-0.15, -0.1) is 0 Å². The lowest BCUT2D eigenvalue weighted by Crippen LogP contribution is -2.16. The Morgan fingerprint density at radius 1 is 0.780 bits per heavy atom. The molecule has 3 rings (SSSR count). The fourth-order valence-corrected chi connectivity index (χ4v) is 3.16. The molecule has 3 aromatic rings. The van der Waals surface area contributed by atoms with E-state index < -0.39 is 23.9 Å². The van der Waals surface area contributed by atoms with Crippen molar-refractivity contribution < 1.29 is 48.3 Å². The van der Waals surface area contributed by atoms with Crippen LogP contribution >= 0.6 is 0 Å². The topological polar surface area (TPSA) is 159 Å². The molecule has 11 heteroatoms. The van der Waals surface area contributed by atoms with Gasteiger partial charge in [-0.2, -0.15) is 0 Å². The monoisotopic (exact) mass is 565 g/mol. The van der Waals surface area contributed by atoms with Crippen molar-refractivity contribution in [1.29, 1.82) is 0 Å². The first-order valence-electron chi connectivity index (χ1n) is 12.3. The molecular weight excluding hydrogens is 534 g/mol. The number of carbonyl (C=O) groups is 4. The molecule has 0 aliphatic heterocycles. The van der Waals surface area contributed by atoms with Crippen molar-refractivity contribution in [2.24, 2.45) is 0 Å². The number of carboxylic acid groups (broad SMARTS) is 1. The number of aromatic hydroxyl groups is 1. The summed E-state index contributed by atoms with van der Waals surface area (Å²) in [5, 5.41) is 19.5. The minimum atomic E-state index is -1.22. The van der Waals surface area contributed by atoms with E-state index in [9.17, 15) is 24.3 Å². The Morgan fingerprint density at radius 3 is 1.98 bits per heavy atom. The van der Waals surface area contributed by atoms with E-state index in [0.717, 1.165) is 10.9 Å². The molecule has 216 valence electrons. The van der Waals surface area contributed by atoms with Gasteiger partial charge in [-0.3, -0.25) is 4.98 Å². The number of phenolic OH excluding ortho intramolecular Hbond substituents is 1. The number of carbonyl (C=O) groups excluding carboxylic acids is 3. The highest BCUT2D eigenvalue weighted by atomic mass is 16.6. The van der Waals surface area contributed by atoms with Crippen molar-refractivity contribution >= 4 is 34.8 Å². The molecule has 2 N–H and O–H groups in total. The number of aromatic carboxylic acids is 1. The van der Waals surface area contributed by atoms with E-state index >= 15 is 0 Å². The second-order valence-corrected chi connectivity index (χ2v) is 8.52. The lowest BCUT2D eigenvalue weighted by molar-refractivity contribution is -0.141. The van der Waals surface area contributed by atoms with Crippen molar-refractivity contribution in [2.45, 2.75) is 20.5 Å². The fourth-order valence-electron chi connectivity index (χ4n) is 3.16. The van der Waals surface area contributed by atoms with Crippen molar-refractivity contribution in [1.82, 2.24) is 4.98 Å². The number of fused-ring (bicyclic) bond motifs is 1. The number of rotatable bonds is 12. The number of ether oxygens (including phenoxy) is 4. The maximum atomic E-state index is 11.7. The summed E-state index contributed by atoms with van der Waals surface area (Å²) >= 11 is 0. The molecule has 0 saturated carbocycles. The summed E-state index contributed by atoms with van der Waals surface area (Å²) in [6, 6.07) is 12.8. The second kappa shape index (κ2) is 16.2. The first-order valence-corrected chi connectivity index (χ1v) is 12.3. The summed E-state index contributed by atoms with van der Waals surface area (Å²) in [6.45, 7) is 10.5. The summed E-state index contributed by atoms with van der Waals surface area (Å²) < 4.78 is 20.0. The molecule has 1 aromatic heterocycles. The van der Waals surface area contributed by atoms with Gasteiger partial charge in [-0.05, 0) is 43.7 Å². The van der Waals surface area contributed by atoms with Crippen molar-refractivity contribution in [3.8, 4) is 5.75 Å². The summed E-state index contributed by atoms with van der Waals surface area (Å²) in [7, 11) is 0. The van der Waals surface area contributed by atoms with Gasteiger partial charge in [0.1, 0.15) is 31.1 Å². The quantitative estimate of drug-likeness (QED) is 0.140. The molecule has 0 aliphatic rings. The van der Waals surface area contributed by atoms with Gasteiger partial charge in [0.25, 0.3) is 0 Å². The molecule has 41 heavy (non-hydrogen) atoms. The van der Waals surface area contributed by atoms with Crippen LogP contribution in [0, 0.1) is 0 Å². The van der Waals surface area contributed by atoms with E-state index in [0.29, 0.717) is 24.3 Å². The summed E-state index contributed by atoms with van der Waals surface area (Å²) in [4.78, 5) is 49.0. The third-order valence-corrected chi connectivity index (χ3v) is 5.18. The Morgan fingerprint density at radius 2 is 1.37 bits per heavy atom. The van der Waals surface area contributed by atoms with Crippen LogP contribution in [0.15, 0.2) is 79.0 Å². The molecule has 0 bridgehead atoms. The average molecular weight is 566 g/mol. The molecule has 2 aromatic carbocycles. The maximum Gasteiger partial charge on any atom is 0.339 e. The van der Waals surface area contributed by atoms with E-state index in [1.54, 1.807) is 31.3 Å². The van der Waals surface area contributed by atoms with E-state index in [-0.39, 0.29) is 42.3 Å². The Kier molecular flexibility index (Phi) is 12.7. The Labute approximate surface area is 236 Å². The standard InChI is InChI=1S/C16H17NO4.C14H14O6/c1-11(2)16(19)21-9-8-20-10-12-5-6-14(18)15-13(12)4-3-7-17-15;1-9(2)13(17)19-7-8-20-14(18)11-6-4-3-5-10(11)12(15)16/h3-7,18H,1,8-10H2,2H3;3-6H,1,7-8H2,2H3,(H,15,16). The van der Waals surface area contributed by atoms with Gasteiger partial charge in [0.15, 0.2) is 0 Å². The first-order chi connectivity index (χ1) is 19.5. The number of esters is 3. The van der Waals surface area contributed by atoms with Crippen LogP contribution in [0.4, 0.5) is 0 Å². The molecule has 0 atom stereocenters. The summed E-state index contributed by atoms with van der Waals surface area (Å²) in [5.74, 6) is -2.85. The molecule has 0 amide bonds. The highest BCUT2D eigenvalue weighted by Gasteiger charge is 2.17. The Hall–Kier alpha value is -5.03. The van der Waals surface area contributed by atoms with E-state index in [1.807, 2.05) is 6.07 Å². The van der Waals surface area contributed by atoms with Crippen LogP contribution in [-0.2, 0) is 35.1 Å². The number of nitrogens with zero attached hydrogens (tertiary/aromatic N) is 1. The van der Waals surface area contributed by atoms with Crippen molar-refractivity contribution in [3.63, 3.8) is 0 Å². The Bertz CT molecular complexity index is 1430. The van der Waals surface area contributed by atoms with E-state index in [1.165, 1.54) is 31.2 Å². The Balaban J connectivity index is 0.000000287. The molecule has 0 unspecified atom stereocenters. The minimum absolute atomic E-state index is 0.0498. The minimum Gasteiger partial charge on any atom is -0.506 e. The number of hydrogen-bond acceptors (Lipinski definition) is 10. The smallest absolute Gasteiger partial charge is 0.339 e. The molecule has 1 heterocycles. The first kappa shape index (κ1) is 32.2. The second-order valence-electron chi connectivity index (χ2n) is 8.52. The molecule has 11 nitrogen and oxygen atoms in total. The number of aromatic nitrogens is 1. The number of carboxylic acids is 1. The number of benzene rings is 2. The van der Waals surface area contributed by atoms with Gasteiger partial charge in [0, 0.05) is 22.7 Å². The third kappa shape index (κ3) is 10.2. The average Bonchev–Trinajstić information content (AvgIpc) is 2.96. The normalized spacial score (nSPS) is 10.1. The van der Waals surface area contributed by atoms with Gasteiger partial charge in [-0.25, -0.2) is 19.2 Å². The van der Waals surface area contributed by atoms with Gasteiger partial charge in [-0.1, -0.05) is 37.4 Å². The zero-order valence-electron chi connectivity index (χ0n) is 22.8. The molecule has 0 saturated heterocycles. The highest BCUT2D eigenvalue weighted by molar-refractivity contribution is 6.02. The third-order valence-electron chi connectivity index (χ3n) is 5.18.